The van der Waals surface area contributed by atoms with Gasteiger partial charge in [0.2, 0.25) is 0 Å². The molecule has 22 heavy (non-hydrogen) atoms. The minimum atomic E-state index is -0.570. The van der Waals surface area contributed by atoms with Gasteiger partial charge in [-0.15, -0.1) is 0 Å². The maximum Gasteiger partial charge on any atom is 0.265 e. The van der Waals surface area contributed by atoms with Gasteiger partial charge in [-0.2, -0.15) is 0 Å². The zero-order valence-electron chi connectivity index (χ0n) is 12.5. The Morgan fingerprint density at radius 1 is 1.18 bits per heavy atom. The second kappa shape index (κ2) is 7.84. The molecule has 1 amide bonds. The topological polar surface area (TPSA) is 47.6 Å². The van der Waals surface area contributed by atoms with Crippen LogP contribution >= 0.6 is 15.9 Å². The smallest absolute Gasteiger partial charge is 0.265 e. The summed E-state index contributed by atoms with van der Waals surface area (Å²) >= 11 is 3.41. The number of rotatable bonds is 6. The zero-order chi connectivity index (χ0) is 15.9. The fraction of sp³-hybridized carbons (Fsp3) is 0.235. The molecule has 0 fully saturated rings. The number of benzene rings is 2. The Morgan fingerprint density at radius 2 is 1.91 bits per heavy atom. The van der Waals surface area contributed by atoms with Gasteiger partial charge in [0.1, 0.15) is 11.5 Å². The third-order valence-electron chi connectivity index (χ3n) is 3.11. The number of methoxy groups -OCH3 is 1. The predicted molar refractivity (Wildman–Crippen MR) is 90.5 cm³/mol. The Morgan fingerprint density at radius 3 is 2.59 bits per heavy atom. The summed E-state index contributed by atoms with van der Waals surface area (Å²) in [4.78, 5) is 12.4. The largest absolute Gasteiger partial charge is 0.497 e. The number of nitrogens with one attached hydrogen (secondary N) is 1. The summed E-state index contributed by atoms with van der Waals surface area (Å²) in [5, 5.41) is 2.87. The van der Waals surface area contributed by atoms with Gasteiger partial charge in [0.25, 0.3) is 5.91 Å². The van der Waals surface area contributed by atoms with E-state index in [0.29, 0.717) is 17.9 Å². The first kappa shape index (κ1) is 16.4. The minimum Gasteiger partial charge on any atom is -0.497 e. The van der Waals surface area contributed by atoms with Crippen molar-refractivity contribution in [1.29, 1.82) is 0 Å². The van der Waals surface area contributed by atoms with Crippen LogP contribution < -0.4 is 14.8 Å². The summed E-state index contributed by atoms with van der Waals surface area (Å²) in [6.07, 6.45) is -0.00718. The van der Waals surface area contributed by atoms with Gasteiger partial charge in [-0.05, 0) is 46.6 Å². The quantitative estimate of drug-likeness (QED) is 0.834. The van der Waals surface area contributed by atoms with Crippen molar-refractivity contribution in [3.63, 3.8) is 0 Å². The summed E-state index contributed by atoms with van der Waals surface area (Å²) in [5.74, 6) is 1.12. The fourth-order valence-corrected chi connectivity index (χ4v) is 2.32. The van der Waals surface area contributed by atoms with E-state index in [1.807, 2.05) is 43.3 Å². The van der Waals surface area contributed by atoms with Crippen LogP contribution in [-0.2, 0) is 4.79 Å². The first-order chi connectivity index (χ1) is 10.6. The minimum absolute atomic E-state index is 0.183. The van der Waals surface area contributed by atoms with Gasteiger partial charge < -0.3 is 14.8 Å². The molecule has 2 aromatic rings. The Balaban J connectivity index is 2.07. The van der Waals surface area contributed by atoms with Crippen LogP contribution in [0.2, 0.25) is 0 Å². The number of hydrogen-bond acceptors (Lipinski definition) is 3. The molecule has 0 heterocycles. The molecule has 0 aliphatic heterocycles. The SMILES string of the molecule is CCC(Oc1cccc(OC)c1)C(=O)Nc1ccccc1Br. The molecule has 0 saturated carbocycles. The lowest BCUT2D eigenvalue weighted by Crippen LogP contribution is -2.32. The second-order valence-electron chi connectivity index (χ2n) is 4.66. The van der Waals surface area contributed by atoms with E-state index in [1.165, 1.54) is 0 Å². The van der Waals surface area contributed by atoms with Gasteiger partial charge >= 0.3 is 0 Å². The summed E-state index contributed by atoms with van der Waals surface area (Å²) in [7, 11) is 1.59. The van der Waals surface area contributed by atoms with E-state index in [4.69, 9.17) is 9.47 Å². The van der Waals surface area contributed by atoms with Gasteiger partial charge in [0.05, 0.1) is 12.8 Å². The average molecular weight is 364 g/mol. The number of amides is 1. The first-order valence-corrected chi connectivity index (χ1v) is 7.79. The van der Waals surface area contributed by atoms with Crippen LogP contribution in [0, 0.1) is 0 Å². The number of carbonyl (C=O) groups is 1. The van der Waals surface area contributed by atoms with Crippen molar-refractivity contribution in [3.8, 4) is 11.5 Å². The molecule has 0 saturated heterocycles. The third kappa shape index (κ3) is 4.24. The number of para-hydroxylation sites is 1. The van der Waals surface area contributed by atoms with Crippen molar-refractivity contribution in [2.75, 3.05) is 12.4 Å². The normalized spacial score (nSPS) is 11.6. The van der Waals surface area contributed by atoms with Crippen LogP contribution in [0.3, 0.4) is 0 Å². The van der Waals surface area contributed by atoms with E-state index in [0.717, 1.165) is 10.2 Å². The van der Waals surface area contributed by atoms with Gasteiger partial charge in [0, 0.05) is 10.5 Å². The van der Waals surface area contributed by atoms with Crippen LogP contribution in [0.5, 0.6) is 11.5 Å². The number of anilines is 1. The molecule has 116 valence electrons. The molecule has 1 atom stereocenters. The van der Waals surface area contributed by atoms with Gasteiger partial charge in [-0.25, -0.2) is 0 Å². The van der Waals surface area contributed by atoms with Crippen LogP contribution in [0.15, 0.2) is 53.0 Å². The molecule has 2 rings (SSSR count). The first-order valence-electron chi connectivity index (χ1n) is 7.00. The highest BCUT2D eigenvalue weighted by atomic mass is 79.9. The Labute approximate surface area is 138 Å². The van der Waals surface area contributed by atoms with E-state index in [-0.39, 0.29) is 5.91 Å². The van der Waals surface area contributed by atoms with E-state index in [1.54, 1.807) is 19.2 Å². The number of ether oxygens (including phenoxy) is 2. The monoisotopic (exact) mass is 363 g/mol. The number of carbonyl (C=O) groups excluding carboxylic acids is 1. The molecule has 5 heteroatoms. The molecule has 2 aromatic carbocycles. The van der Waals surface area contributed by atoms with Crippen molar-refractivity contribution in [2.45, 2.75) is 19.4 Å². The van der Waals surface area contributed by atoms with Crippen molar-refractivity contribution in [1.82, 2.24) is 0 Å². The van der Waals surface area contributed by atoms with Crippen molar-refractivity contribution in [2.24, 2.45) is 0 Å². The maximum atomic E-state index is 12.4. The lowest BCUT2D eigenvalue weighted by Gasteiger charge is -2.18. The molecule has 1 N–H and O–H groups in total. The van der Waals surface area contributed by atoms with Crippen molar-refractivity contribution in [3.05, 3.63) is 53.0 Å². The molecular weight excluding hydrogens is 346 g/mol. The molecule has 0 spiro atoms. The van der Waals surface area contributed by atoms with Crippen LogP contribution in [0.1, 0.15) is 13.3 Å². The highest BCUT2D eigenvalue weighted by molar-refractivity contribution is 9.10. The molecule has 0 aliphatic carbocycles. The zero-order valence-corrected chi connectivity index (χ0v) is 14.1. The number of halogens is 1. The van der Waals surface area contributed by atoms with Crippen molar-refractivity contribution >= 4 is 27.5 Å². The lowest BCUT2D eigenvalue weighted by molar-refractivity contribution is -0.122. The predicted octanol–water partition coefficient (Wildman–Crippen LogP) is 4.25. The highest BCUT2D eigenvalue weighted by Gasteiger charge is 2.19. The third-order valence-corrected chi connectivity index (χ3v) is 3.81. The Bertz CT molecular complexity index is 645. The maximum absolute atomic E-state index is 12.4. The molecule has 1 unspecified atom stereocenters. The van der Waals surface area contributed by atoms with Gasteiger partial charge in [-0.3, -0.25) is 4.79 Å². The van der Waals surface area contributed by atoms with E-state index < -0.39 is 6.10 Å². The average Bonchev–Trinajstić information content (AvgIpc) is 2.54. The molecular formula is C17H18BrNO3. The summed E-state index contributed by atoms with van der Waals surface area (Å²) < 4.78 is 11.8. The number of hydrogen-bond donors (Lipinski definition) is 1. The summed E-state index contributed by atoms with van der Waals surface area (Å²) in [5.41, 5.74) is 0.722. The lowest BCUT2D eigenvalue weighted by atomic mass is 10.2. The standard InChI is InChI=1S/C17H18BrNO3/c1-3-16(22-13-8-6-7-12(11-13)21-2)17(20)19-15-10-5-4-9-14(15)18/h4-11,16H,3H2,1-2H3,(H,19,20). The molecule has 0 aliphatic rings. The molecule has 0 bridgehead atoms. The fourth-order valence-electron chi connectivity index (χ4n) is 1.94. The van der Waals surface area contributed by atoms with E-state index in [2.05, 4.69) is 21.2 Å². The molecule has 4 nitrogen and oxygen atoms in total. The molecule has 0 aromatic heterocycles. The van der Waals surface area contributed by atoms with Gasteiger partial charge in [-0.1, -0.05) is 25.1 Å². The Kier molecular flexibility index (Phi) is 5.83. The second-order valence-corrected chi connectivity index (χ2v) is 5.52. The van der Waals surface area contributed by atoms with E-state index >= 15 is 0 Å². The van der Waals surface area contributed by atoms with Crippen molar-refractivity contribution < 1.29 is 14.3 Å². The van der Waals surface area contributed by atoms with Crippen LogP contribution in [0.25, 0.3) is 0 Å². The summed E-state index contributed by atoms with van der Waals surface area (Å²) in [6.45, 7) is 1.91. The van der Waals surface area contributed by atoms with Gasteiger partial charge in [0.15, 0.2) is 6.10 Å². The van der Waals surface area contributed by atoms with Crippen LogP contribution in [0.4, 0.5) is 5.69 Å². The Hall–Kier alpha value is -2.01. The van der Waals surface area contributed by atoms with E-state index in [9.17, 15) is 4.79 Å². The summed E-state index contributed by atoms with van der Waals surface area (Å²) in [6, 6.07) is 14.7. The van der Waals surface area contributed by atoms with Crippen LogP contribution in [-0.4, -0.2) is 19.1 Å². The highest BCUT2D eigenvalue weighted by Crippen LogP contribution is 2.23. The molecule has 0 radical (unpaired) electrons.